The van der Waals surface area contributed by atoms with Crippen LogP contribution in [0.2, 0.25) is 0 Å². The SMILES string of the molecule is O=S(=O)(c1ccc(F)cc1F)N1CCC[C@H](c2nc3ccccc3o2)C1. The second kappa shape index (κ2) is 6.44. The van der Waals surface area contributed by atoms with Gasteiger partial charge in [-0.05, 0) is 37.1 Å². The lowest BCUT2D eigenvalue weighted by atomic mass is 10.00. The number of aromatic nitrogens is 1. The Balaban J connectivity index is 1.63. The van der Waals surface area contributed by atoms with Crippen molar-refractivity contribution in [2.45, 2.75) is 23.7 Å². The van der Waals surface area contributed by atoms with Crippen molar-refractivity contribution < 1.29 is 21.6 Å². The second-order valence-corrected chi connectivity index (χ2v) is 8.20. The average molecular weight is 378 g/mol. The lowest BCUT2D eigenvalue weighted by Crippen LogP contribution is -2.39. The first-order chi connectivity index (χ1) is 12.4. The van der Waals surface area contributed by atoms with Gasteiger partial charge in [0.05, 0.1) is 0 Å². The molecule has 2 heterocycles. The predicted molar refractivity (Wildman–Crippen MR) is 91.1 cm³/mol. The number of hydrogen-bond acceptors (Lipinski definition) is 4. The number of rotatable bonds is 3. The van der Waals surface area contributed by atoms with Gasteiger partial charge in [0.1, 0.15) is 22.0 Å². The summed E-state index contributed by atoms with van der Waals surface area (Å²) in [5, 5.41) is 0. The topological polar surface area (TPSA) is 63.4 Å². The van der Waals surface area contributed by atoms with E-state index < -0.39 is 26.6 Å². The first-order valence-corrected chi connectivity index (χ1v) is 9.70. The van der Waals surface area contributed by atoms with E-state index in [1.807, 2.05) is 18.2 Å². The van der Waals surface area contributed by atoms with E-state index in [1.54, 1.807) is 6.07 Å². The van der Waals surface area contributed by atoms with Crippen LogP contribution in [0.1, 0.15) is 24.7 Å². The van der Waals surface area contributed by atoms with Crippen molar-refractivity contribution in [2.75, 3.05) is 13.1 Å². The van der Waals surface area contributed by atoms with Crippen LogP contribution < -0.4 is 0 Å². The maximum Gasteiger partial charge on any atom is 0.246 e. The Morgan fingerprint density at radius 2 is 1.96 bits per heavy atom. The van der Waals surface area contributed by atoms with Crippen molar-refractivity contribution in [1.29, 1.82) is 0 Å². The van der Waals surface area contributed by atoms with Gasteiger partial charge in [-0.2, -0.15) is 4.31 Å². The van der Waals surface area contributed by atoms with E-state index in [4.69, 9.17) is 4.42 Å². The van der Waals surface area contributed by atoms with Crippen molar-refractivity contribution >= 4 is 21.1 Å². The molecule has 8 heteroatoms. The lowest BCUT2D eigenvalue weighted by Gasteiger charge is -2.30. The summed E-state index contributed by atoms with van der Waals surface area (Å²) in [6.45, 7) is 0.419. The third-order valence-corrected chi connectivity index (χ3v) is 6.45. The Morgan fingerprint density at radius 1 is 1.15 bits per heavy atom. The number of para-hydroxylation sites is 2. The zero-order valence-corrected chi connectivity index (χ0v) is 14.5. The van der Waals surface area contributed by atoms with Crippen molar-refractivity contribution in [1.82, 2.24) is 9.29 Å². The summed E-state index contributed by atoms with van der Waals surface area (Å²) >= 11 is 0. The summed E-state index contributed by atoms with van der Waals surface area (Å²) in [4.78, 5) is 3.93. The Morgan fingerprint density at radius 3 is 2.73 bits per heavy atom. The van der Waals surface area contributed by atoms with Crippen LogP contribution in [0.5, 0.6) is 0 Å². The third kappa shape index (κ3) is 2.99. The fraction of sp³-hybridized carbons (Fsp3) is 0.278. The summed E-state index contributed by atoms with van der Waals surface area (Å²) in [5.74, 6) is -1.64. The minimum atomic E-state index is -4.06. The zero-order chi connectivity index (χ0) is 18.3. The quantitative estimate of drug-likeness (QED) is 0.698. The van der Waals surface area contributed by atoms with E-state index in [1.165, 1.54) is 4.31 Å². The fourth-order valence-electron chi connectivity index (χ4n) is 3.25. The van der Waals surface area contributed by atoms with Gasteiger partial charge in [0, 0.05) is 25.1 Å². The molecule has 1 atom stereocenters. The Hall–Kier alpha value is -2.32. The predicted octanol–water partition coefficient (Wildman–Crippen LogP) is 3.67. The second-order valence-electron chi connectivity index (χ2n) is 6.30. The van der Waals surface area contributed by atoms with Crippen LogP contribution in [-0.2, 0) is 10.0 Å². The van der Waals surface area contributed by atoms with Gasteiger partial charge in [-0.3, -0.25) is 0 Å². The van der Waals surface area contributed by atoms with E-state index in [-0.39, 0.29) is 19.0 Å². The maximum absolute atomic E-state index is 14.0. The minimum absolute atomic E-state index is 0.145. The first kappa shape index (κ1) is 17.1. The Kier molecular flexibility index (Phi) is 4.24. The van der Waals surface area contributed by atoms with Crippen LogP contribution >= 0.6 is 0 Å². The molecule has 0 aliphatic carbocycles. The molecule has 1 aliphatic rings. The van der Waals surface area contributed by atoms with Crippen molar-refractivity contribution in [3.63, 3.8) is 0 Å². The highest BCUT2D eigenvalue weighted by Gasteiger charge is 2.34. The molecule has 0 amide bonds. The Bertz CT molecular complexity index is 1030. The molecule has 4 rings (SSSR count). The van der Waals surface area contributed by atoms with E-state index >= 15 is 0 Å². The van der Waals surface area contributed by atoms with Gasteiger partial charge >= 0.3 is 0 Å². The molecule has 0 bridgehead atoms. The number of benzene rings is 2. The minimum Gasteiger partial charge on any atom is -0.440 e. The van der Waals surface area contributed by atoms with Crippen molar-refractivity contribution in [2.24, 2.45) is 0 Å². The first-order valence-electron chi connectivity index (χ1n) is 8.26. The van der Waals surface area contributed by atoms with E-state index in [0.717, 1.165) is 18.6 Å². The number of nitrogens with zero attached hydrogens (tertiary/aromatic N) is 2. The van der Waals surface area contributed by atoms with Crippen LogP contribution in [-0.4, -0.2) is 30.8 Å². The maximum atomic E-state index is 14.0. The monoisotopic (exact) mass is 378 g/mol. The summed E-state index contributed by atoms with van der Waals surface area (Å²) < 4.78 is 59.6. The smallest absolute Gasteiger partial charge is 0.246 e. The van der Waals surface area contributed by atoms with Gasteiger partial charge in [0.15, 0.2) is 11.5 Å². The van der Waals surface area contributed by atoms with Crippen LogP contribution in [0.3, 0.4) is 0 Å². The highest BCUT2D eigenvalue weighted by Crippen LogP contribution is 2.32. The molecule has 1 fully saturated rings. The molecule has 0 saturated carbocycles. The van der Waals surface area contributed by atoms with E-state index in [0.29, 0.717) is 29.5 Å². The fourth-order valence-corrected chi connectivity index (χ4v) is 4.82. The van der Waals surface area contributed by atoms with Gasteiger partial charge in [0.25, 0.3) is 0 Å². The number of sulfonamides is 1. The number of hydrogen-bond donors (Lipinski definition) is 0. The molecule has 26 heavy (non-hydrogen) atoms. The zero-order valence-electron chi connectivity index (χ0n) is 13.7. The standard InChI is InChI=1S/C18H16F2N2O3S/c19-13-7-8-17(14(20)10-13)26(23,24)22-9-3-4-12(11-22)18-21-15-5-1-2-6-16(15)25-18/h1-2,5-8,10,12H,3-4,9,11H2/t12-/m0/s1. The van der Waals surface area contributed by atoms with Gasteiger partial charge < -0.3 is 4.42 Å². The average Bonchev–Trinajstić information content (AvgIpc) is 3.06. The highest BCUT2D eigenvalue weighted by atomic mass is 32.2. The molecular formula is C18H16F2N2O3S. The molecule has 1 aromatic heterocycles. The van der Waals surface area contributed by atoms with Gasteiger partial charge in [-0.15, -0.1) is 0 Å². The van der Waals surface area contributed by atoms with Gasteiger partial charge in [-0.1, -0.05) is 12.1 Å². The van der Waals surface area contributed by atoms with E-state index in [9.17, 15) is 17.2 Å². The summed E-state index contributed by atoms with van der Waals surface area (Å²) in [6.07, 6.45) is 1.33. The molecule has 5 nitrogen and oxygen atoms in total. The Labute approximate surface area is 149 Å². The van der Waals surface area contributed by atoms with Crippen LogP contribution in [0.25, 0.3) is 11.1 Å². The largest absolute Gasteiger partial charge is 0.440 e. The molecule has 2 aromatic carbocycles. The molecule has 0 unspecified atom stereocenters. The lowest BCUT2D eigenvalue weighted by molar-refractivity contribution is 0.287. The van der Waals surface area contributed by atoms with E-state index in [2.05, 4.69) is 4.98 Å². The van der Waals surface area contributed by atoms with Crippen molar-refractivity contribution in [3.05, 3.63) is 60.0 Å². The summed E-state index contributed by atoms with van der Waals surface area (Å²) in [7, 11) is -4.06. The number of halogens is 2. The number of piperidine rings is 1. The molecule has 0 spiro atoms. The number of oxazole rings is 1. The third-order valence-electron chi connectivity index (χ3n) is 4.56. The molecule has 1 saturated heterocycles. The van der Waals surface area contributed by atoms with Gasteiger partial charge in [0.2, 0.25) is 10.0 Å². The highest BCUT2D eigenvalue weighted by molar-refractivity contribution is 7.89. The molecular weight excluding hydrogens is 362 g/mol. The summed E-state index contributed by atoms with van der Waals surface area (Å²) in [6, 6.07) is 9.80. The van der Waals surface area contributed by atoms with Gasteiger partial charge in [-0.25, -0.2) is 22.2 Å². The molecule has 0 N–H and O–H groups in total. The number of fused-ring (bicyclic) bond motifs is 1. The van der Waals surface area contributed by atoms with Crippen LogP contribution in [0.4, 0.5) is 8.78 Å². The molecule has 0 radical (unpaired) electrons. The molecule has 1 aliphatic heterocycles. The molecule has 3 aromatic rings. The molecule has 136 valence electrons. The summed E-state index contributed by atoms with van der Waals surface area (Å²) in [5.41, 5.74) is 1.36. The van der Waals surface area contributed by atoms with Crippen LogP contribution in [0, 0.1) is 11.6 Å². The normalized spacial score (nSPS) is 19.1. The van der Waals surface area contributed by atoms with Crippen molar-refractivity contribution in [3.8, 4) is 0 Å². The van der Waals surface area contributed by atoms with Crippen LogP contribution in [0.15, 0.2) is 51.8 Å².